The molecule has 0 radical (unpaired) electrons. The lowest BCUT2D eigenvalue weighted by atomic mass is 10.2. The van der Waals surface area contributed by atoms with E-state index in [0.29, 0.717) is 4.47 Å². The summed E-state index contributed by atoms with van der Waals surface area (Å²) in [6.07, 6.45) is -0.937. The first-order chi connectivity index (χ1) is 10.3. The van der Waals surface area contributed by atoms with E-state index in [1.807, 2.05) is 0 Å². The van der Waals surface area contributed by atoms with E-state index in [1.54, 1.807) is 0 Å². The number of hydrogen-bond acceptors (Lipinski definition) is 7. The van der Waals surface area contributed by atoms with Crippen molar-refractivity contribution in [3.8, 4) is 0 Å². The van der Waals surface area contributed by atoms with E-state index in [-0.39, 0.29) is 4.90 Å². The number of hydroxylamine groups is 1. The third kappa shape index (κ3) is 5.69. The summed E-state index contributed by atoms with van der Waals surface area (Å²) in [7, 11) is -4.08. The number of nitrogens with two attached hydrogens (primary N) is 1. The number of halogens is 1. The highest BCUT2D eigenvalue weighted by Crippen LogP contribution is 2.22. The number of hydrogen-bond donors (Lipinski definition) is 5. The number of aliphatic carboxylic acids is 1. The van der Waals surface area contributed by atoms with Gasteiger partial charge in [-0.05, 0) is 30.7 Å². The predicted molar refractivity (Wildman–Crippen MR) is 77.9 cm³/mol. The van der Waals surface area contributed by atoms with Gasteiger partial charge in [-0.2, -0.15) is 0 Å². The van der Waals surface area contributed by atoms with Gasteiger partial charge < -0.3 is 10.3 Å². The van der Waals surface area contributed by atoms with Gasteiger partial charge in [0.15, 0.2) is 9.84 Å². The Morgan fingerprint density at radius 2 is 1.73 bits per heavy atom. The molecule has 0 saturated carbocycles. The van der Waals surface area contributed by atoms with E-state index in [0.717, 1.165) is 0 Å². The van der Waals surface area contributed by atoms with E-state index in [1.165, 1.54) is 29.7 Å². The molecule has 1 unspecified atom stereocenters. The van der Waals surface area contributed by atoms with Crippen LogP contribution in [0.15, 0.2) is 33.6 Å². The summed E-state index contributed by atoms with van der Waals surface area (Å²) in [5.74, 6) is 1.11. The first-order valence-electron chi connectivity index (χ1n) is 5.70. The number of amides is 1. The minimum Gasteiger partial charge on any atom is -0.481 e. The minimum absolute atomic E-state index is 0.125. The maximum atomic E-state index is 12.3. The summed E-state index contributed by atoms with van der Waals surface area (Å²) in [6, 6.07) is 5.55. The lowest BCUT2D eigenvalue weighted by Crippen LogP contribution is -2.38. The van der Waals surface area contributed by atoms with Gasteiger partial charge in [-0.1, -0.05) is 15.9 Å². The standard InChI is InChI=1S/C11H12BrNO6S.H3NO/c12-7-1-3-8(4-2-7)20(18,19)9(11(16)13-17)5-6-10(14)15;1-2/h1-4,9,17H,5-6H2,(H,13,16)(H,14,15);2H,1H2. The van der Waals surface area contributed by atoms with E-state index < -0.39 is 39.8 Å². The molecule has 0 spiro atoms. The van der Waals surface area contributed by atoms with Crippen LogP contribution >= 0.6 is 15.9 Å². The largest absolute Gasteiger partial charge is 0.481 e. The van der Waals surface area contributed by atoms with Crippen LogP contribution in [0.3, 0.4) is 0 Å². The van der Waals surface area contributed by atoms with Crippen LogP contribution in [0, 0.1) is 0 Å². The topological polar surface area (TPSA) is 167 Å². The molecule has 0 aliphatic carbocycles. The molecule has 6 N–H and O–H groups in total. The average molecular weight is 399 g/mol. The van der Waals surface area contributed by atoms with Crippen molar-refractivity contribution < 1.29 is 33.5 Å². The molecule has 0 fully saturated rings. The predicted octanol–water partition coefficient (Wildman–Crippen LogP) is 0.296. The zero-order valence-electron chi connectivity index (χ0n) is 11.1. The van der Waals surface area contributed by atoms with Crippen LogP contribution in [-0.4, -0.2) is 41.1 Å². The molecule has 1 amide bonds. The lowest BCUT2D eigenvalue weighted by molar-refractivity contribution is -0.137. The molecule has 1 aromatic carbocycles. The highest BCUT2D eigenvalue weighted by Gasteiger charge is 2.34. The molecule has 0 bridgehead atoms. The SMILES string of the molecule is NO.O=C(O)CCC(C(=O)NO)S(=O)(=O)c1ccc(Br)cc1. The lowest BCUT2D eigenvalue weighted by Gasteiger charge is -2.15. The molecule has 9 nitrogen and oxygen atoms in total. The summed E-state index contributed by atoms with van der Waals surface area (Å²) >= 11 is 3.15. The normalized spacial score (nSPS) is 11.8. The van der Waals surface area contributed by atoms with Crippen LogP contribution in [0.25, 0.3) is 0 Å². The Bertz CT molecular complexity index is 603. The van der Waals surface area contributed by atoms with Gasteiger partial charge in [-0.15, -0.1) is 0 Å². The van der Waals surface area contributed by atoms with Gasteiger partial charge in [0.1, 0.15) is 5.25 Å². The summed E-state index contributed by atoms with van der Waals surface area (Å²) in [5, 5.41) is 22.0. The maximum Gasteiger partial charge on any atom is 0.303 e. The summed E-state index contributed by atoms with van der Waals surface area (Å²) in [4.78, 5) is 21.9. The number of carbonyl (C=O) groups excluding carboxylic acids is 1. The van der Waals surface area contributed by atoms with Crippen LogP contribution in [-0.2, 0) is 19.4 Å². The Morgan fingerprint density at radius 1 is 1.23 bits per heavy atom. The number of sulfone groups is 1. The fourth-order valence-corrected chi connectivity index (χ4v) is 3.41. The molecular formula is C11H15BrN2O7S. The monoisotopic (exact) mass is 398 g/mol. The molecular weight excluding hydrogens is 384 g/mol. The smallest absolute Gasteiger partial charge is 0.303 e. The Morgan fingerprint density at radius 3 is 2.14 bits per heavy atom. The van der Waals surface area contributed by atoms with Gasteiger partial charge in [0.05, 0.1) is 4.90 Å². The molecule has 0 aliphatic heterocycles. The number of rotatable bonds is 6. The number of carboxylic acids is 1. The zero-order valence-corrected chi connectivity index (χ0v) is 13.5. The van der Waals surface area contributed by atoms with Crippen LogP contribution < -0.4 is 11.4 Å². The molecule has 0 heterocycles. The summed E-state index contributed by atoms with van der Waals surface area (Å²) in [5.41, 5.74) is 1.26. The van der Waals surface area contributed by atoms with E-state index in [9.17, 15) is 18.0 Å². The fraction of sp³-hybridized carbons (Fsp3) is 0.273. The highest BCUT2D eigenvalue weighted by molar-refractivity contribution is 9.10. The van der Waals surface area contributed by atoms with Crippen molar-refractivity contribution in [1.82, 2.24) is 5.48 Å². The Hall–Kier alpha value is -1.53. The third-order valence-electron chi connectivity index (χ3n) is 2.54. The van der Waals surface area contributed by atoms with Crippen LogP contribution in [0.1, 0.15) is 12.8 Å². The van der Waals surface area contributed by atoms with Crippen molar-refractivity contribution in [3.05, 3.63) is 28.7 Å². The Labute approximate surface area is 134 Å². The van der Waals surface area contributed by atoms with Gasteiger partial charge in [0, 0.05) is 10.9 Å². The quantitative estimate of drug-likeness (QED) is 0.336. The van der Waals surface area contributed by atoms with Gasteiger partial charge in [-0.3, -0.25) is 14.8 Å². The zero-order chi connectivity index (χ0) is 17.3. The van der Waals surface area contributed by atoms with Crippen LogP contribution in [0.5, 0.6) is 0 Å². The second kappa shape index (κ2) is 9.48. The molecule has 0 aromatic heterocycles. The van der Waals surface area contributed by atoms with Gasteiger partial charge >= 0.3 is 5.97 Å². The molecule has 1 aromatic rings. The van der Waals surface area contributed by atoms with Crippen molar-refractivity contribution in [3.63, 3.8) is 0 Å². The van der Waals surface area contributed by atoms with Crippen molar-refractivity contribution >= 4 is 37.6 Å². The first-order valence-corrected chi connectivity index (χ1v) is 8.04. The van der Waals surface area contributed by atoms with E-state index in [2.05, 4.69) is 21.8 Å². The fourth-order valence-electron chi connectivity index (χ4n) is 1.54. The molecule has 22 heavy (non-hydrogen) atoms. The molecule has 124 valence electrons. The highest BCUT2D eigenvalue weighted by atomic mass is 79.9. The second-order valence-electron chi connectivity index (χ2n) is 3.90. The summed E-state index contributed by atoms with van der Waals surface area (Å²) < 4.78 is 25.2. The average Bonchev–Trinajstić information content (AvgIpc) is 2.49. The van der Waals surface area contributed by atoms with Crippen molar-refractivity contribution in [2.24, 2.45) is 5.90 Å². The molecule has 1 rings (SSSR count). The minimum atomic E-state index is -4.08. The van der Waals surface area contributed by atoms with Crippen molar-refractivity contribution in [2.45, 2.75) is 23.0 Å². The maximum absolute atomic E-state index is 12.3. The van der Waals surface area contributed by atoms with Crippen molar-refractivity contribution in [2.75, 3.05) is 0 Å². The first kappa shape index (κ1) is 20.5. The van der Waals surface area contributed by atoms with Gasteiger partial charge in [-0.25, -0.2) is 19.8 Å². The van der Waals surface area contributed by atoms with Crippen molar-refractivity contribution in [1.29, 1.82) is 0 Å². The number of carboxylic acid groups (broad SMARTS) is 1. The number of nitrogens with one attached hydrogen (secondary N) is 1. The molecule has 0 saturated heterocycles. The van der Waals surface area contributed by atoms with Gasteiger partial charge in [0.25, 0.3) is 5.91 Å². The Balaban J connectivity index is 0.00000211. The number of carbonyl (C=O) groups is 2. The molecule has 0 aliphatic rings. The summed E-state index contributed by atoms with van der Waals surface area (Å²) in [6.45, 7) is 0. The molecule has 1 atom stereocenters. The Kier molecular flexibility index (Phi) is 8.82. The molecule has 11 heteroatoms. The second-order valence-corrected chi connectivity index (χ2v) is 6.94. The van der Waals surface area contributed by atoms with Gasteiger partial charge in [0.2, 0.25) is 0 Å². The van der Waals surface area contributed by atoms with E-state index in [4.69, 9.17) is 15.5 Å². The van der Waals surface area contributed by atoms with Crippen LogP contribution in [0.4, 0.5) is 0 Å². The third-order valence-corrected chi connectivity index (χ3v) is 5.20. The van der Waals surface area contributed by atoms with Crippen LogP contribution in [0.2, 0.25) is 0 Å². The number of benzene rings is 1. The van der Waals surface area contributed by atoms with E-state index >= 15 is 0 Å².